The van der Waals surface area contributed by atoms with E-state index in [1.54, 1.807) is 23.1 Å². The van der Waals surface area contributed by atoms with Crippen LogP contribution in [0.5, 0.6) is 0 Å². The molecule has 4 rings (SSSR count). The summed E-state index contributed by atoms with van der Waals surface area (Å²) in [6.07, 6.45) is 1.45. The van der Waals surface area contributed by atoms with Gasteiger partial charge in [-0.05, 0) is 58.9 Å². The molecule has 0 bridgehead atoms. The maximum absolute atomic E-state index is 13.3. The van der Waals surface area contributed by atoms with Gasteiger partial charge in [0.1, 0.15) is 12.4 Å². The highest BCUT2D eigenvalue weighted by atomic mass is 35.5. The molecule has 0 unspecified atom stereocenters. The summed E-state index contributed by atoms with van der Waals surface area (Å²) in [5.74, 6) is -0.587. The first-order chi connectivity index (χ1) is 12.5. The summed E-state index contributed by atoms with van der Waals surface area (Å²) in [5.41, 5.74) is 5.98. The van der Waals surface area contributed by atoms with Crippen LogP contribution in [-0.4, -0.2) is 35.6 Å². The molecule has 0 aromatic heterocycles. The molecule has 2 aromatic rings. The summed E-state index contributed by atoms with van der Waals surface area (Å²) in [6.45, 7) is 0.527. The number of amides is 1. The number of hydrogen-bond donors (Lipinski definition) is 1. The van der Waals surface area contributed by atoms with Crippen LogP contribution in [0.4, 0.5) is 4.39 Å². The third kappa shape index (κ3) is 2.82. The lowest BCUT2D eigenvalue weighted by molar-refractivity contribution is -0.133. The number of benzene rings is 2. The molecule has 0 spiro atoms. The van der Waals surface area contributed by atoms with Crippen molar-refractivity contribution in [2.45, 2.75) is 12.8 Å². The minimum atomic E-state index is -0.498. The van der Waals surface area contributed by atoms with Gasteiger partial charge < -0.3 is 10.0 Å². The van der Waals surface area contributed by atoms with E-state index >= 15 is 0 Å². The lowest BCUT2D eigenvalue weighted by Crippen LogP contribution is -2.37. The third-order valence-corrected chi connectivity index (χ3v) is 5.94. The summed E-state index contributed by atoms with van der Waals surface area (Å²) >= 11 is 12.8. The van der Waals surface area contributed by atoms with Crippen molar-refractivity contribution in [3.63, 3.8) is 0 Å². The zero-order valence-electron chi connectivity index (χ0n) is 13.9. The average molecular weight is 392 g/mol. The van der Waals surface area contributed by atoms with Crippen molar-refractivity contribution >= 4 is 34.7 Å². The Morgan fingerprint density at radius 1 is 1.23 bits per heavy atom. The predicted octanol–water partition coefficient (Wildman–Crippen LogP) is 4.33. The molecule has 2 aliphatic rings. The fraction of sp³-hybridized carbons (Fsp3) is 0.250. The molecule has 0 saturated carbocycles. The number of halogens is 3. The average Bonchev–Trinajstić information content (AvgIpc) is 3.04. The van der Waals surface area contributed by atoms with Crippen LogP contribution < -0.4 is 0 Å². The van der Waals surface area contributed by atoms with Gasteiger partial charge in [-0.1, -0.05) is 40.9 Å². The molecule has 26 heavy (non-hydrogen) atoms. The van der Waals surface area contributed by atoms with Gasteiger partial charge in [-0.3, -0.25) is 4.79 Å². The highest BCUT2D eigenvalue weighted by Crippen LogP contribution is 2.47. The summed E-state index contributed by atoms with van der Waals surface area (Å²) in [7, 11) is 0. The molecule has 0 atom stereocenters. The second kappa shape index (κ2) is 6.69. The number of rotatable bonds is 2. The number of aliphatic hydroxyl groups excluding tert-OH is 1. The van der Waals surface area contributed by atoms with Crippen LogP contribution in [0.2, 0.25) is 10.0 Å². The molecule has 134 valence electrons. The van der Waals surface area contributed by atoms with Crippen molar-refractivity contribution in [1.29, 1.82) is 0 Å². The van der Waals surface area contributed by atoms with Crippen molar-refractivity contribution in [1.82, 2.24) is 4.90 Å². The van der Waals surface area contributed by atoms with Crippen LogP contribution in [0.25, 0.3) is 16.7 Å². The minimum Gasteiger partial charge on any atom is -0.387 e. The second-order valence-electron chi connectivity index (χ2n) is 6.56. The Hall–Kier alpha value is -1.88. The third-order valence-electron chi connectivity index (χ3n) is 5.11. The maximum atomic E-state index is 13.3. The Labute approximate surface area is 160 Å². The fourth-order valence-corrected chi connectivity index (χ4v) is 4.27. The lowest BCUT2D eigenvalue weighted by atomic mass is 9.92. The van der Waals surface area contributed by atoms with Crippen molar-refractivity contribution in [3.8, 4) is 11.1 Å². The molecule has 3 nitrogen and oxygen atoms in total. The molecule has 0 radical (unpaired) electrons. The highest BCUT2D eigenvalue weighted by molar-refractivity contribution is 6.43. The van der Waals surface area contributed by atoms with E-state index in [4.69, 9.17) is 23.2 Å². The van der Waals surface area contributed by atoms with E-state index < -0.39 is 6.61 Å². The quantitative estimate of drug-likeness (QED) is 0.827. The second-order valence-corrected chi connectivity index (χ2v) is 7.35. The van der Waals surface area contributed by atoms with Crippen LogP contribution in [0.15, 0.2) is 35.9 Å². The number of fused-ring (bicyclic) bond motifs is 2. The highest BCUT2D eigenvalue weighted by Gasteiger charge is 2.33. The van der Waals surface area contributed by atoms with Crippen LogP contribution in [0.3, 0.4) is 0 Å². The van der Waals surface area contributed by atoms with E-state index in [-0.39, 0.29) is 11.7 Å². The zero-order valence-corrected chi connectivity index (χ0v) is 15.4. The smallest absolute Gasteiger partial charge is 0.248 e. The van der Waals surface area contributed by atoms with Gasteiger partial charge in [0.2, 0.25) is 5.91 Å². The van der Waals surface area contributed by atoms with E-state index in [1.807, 2.05) is 0 Å². The molecule has 2 aromatic carbocycles. The number of hydrogen-bond acceptors (Lipinski definition) is 2. The first-order valence-electron chi connectivity index (χ1n) is 8.36. The van der Waals surface area contributed by atoms with Crippen molar-refractivity contribution in [2.24, 2.45) is 0 Å². The largest absolute Gasteiger partial charge is 0.387 e. The number of aliphatic hydroxyl groups is 1. The van der Waals surface area contributed by atoms with E-state index in [0.29, 0.717) is 29.6 Å². The predicted molar refractivity (Wildman–Crippen MR) is 101 cm³/mol. The van der Waals surface area contributed by atoms with Crippen molar-refractivity contribution < 1.29 is 14.3 Å². The van der Waals surface area contributed by atoms with Crippen LogP contribution >= 0.6 is 23.2 Å². The van der Waals surface area contributed by atoms with Crippen LogP contribution in [0.1, 0.15) is 17.5 Å². The molecule has 6 heteroatoms. The first-order valence-corrected chi connectivity index (χ1v) is 9.12. The molecule has 0 saturated heterocycles. The van der Waals surface area contributed by atoms with Gasteiger partial charge in [0.15, 0.2) is 0 Å². The molecular weight excluding hydrogens is 376 g/mol. The van der Waals surface area contributed by atoms with Gasteiger partial charge in [-0.15, -0.1) is 0 Å². The Bertz CT molecular complexity index is 938. The zero-order chi connectivity index (χ0) is 18.4. The number of nitrogens with zero attached hydrogens (tertiary/aromatic N) is 1. The van der Waals surface area contributed by atoms with Gasteiger partial charge in [0, 0.05) is 13.1 Å². The van der Waals surface area contributed by atoms with Gasteiger partial charge >= 0.3 is 0 Å². The standard InChI is InChI=1S/C20H16Cl2FNO2/c21-17-8-14(11-1-3-13(23)4-2-11)19-15(20(17)22)7-12-5-6-24(9-16(12)19)18(26)10-25/h1-4,8,25H,5-7,9-10H2. The Balaban J connectivity index is 1.86. The van der Waals surface area contributed by atoms with E-state index in [9.17, 15) is 14.3 Å². The normalized spacial score (nSPS) is 15.9. The first kappa shape index (κ1) is 17.5. The van der Waals surface area contributed by atoms with Gasteiger partial charge in [0.25, 0.3) is 0 Å². The Morgan fingerprint density at radius 3 is 2.65 bits per heavy atom. The summed E-state index contributed by atoms with van der Waals surface area (Å²) in [4.78, 5) is 13.6. The van der Waals surface area contributed by atoms with Crippen molar-refractivity contribution in [2.75, 3.05) is 19.7 Å². The van der Waals surface area contributed by atoms with Crippen molar-refractivity contribution in [3.05, 3.63) is 62.9 Å². The molecule has 1 aliphatic carbocycles. The lowest BCUT2D eigenvalue weighted by Gasteiger charge is -2.29. The summed E-state index contributed by atoms with van der Waals surface area (Å²) in [6, 6.07) is 8.06. The molecule has 1 aliphatic heterocycles. The molecule has 1 heterocycles. The SMILES string of the molecule is O=C(CO)N1CCC2=C(C1)c1c(-c3ccc(F)cc3)cc(Cl)c(Cl)c1C2. The van der Waals surface area contributed by atoms with Gasteiger partial charge in [-0.2, -0.15) is 0 Å². The van der Waals surface area contributed by atoms with Gasteiger partial charge in [-0.25, -0.2) is 4.39 Å². The van der Waals surface area contributed by atoms with E-state index in [1.165, 1.54) is 17.7 Å². The summed E-state index contributed by atoms with van der Waals surface area (Å²) in [5, 5.41) is 10.2. The summed E-state index contributed by atoms with van der Waals surface area (Å²) < 4.78 is 13.3. The van der Waals surface area contributed by atoms with Crippen LogP contribution in [0, 0.1) is 5.82 Å². The number of carbonyl (C=O) groups excluding carboxylic acids is 1. The van der Waals surface area contributed by atoms with Gasteiger partial charge in [0.05, 0.1) is 10.0 Å². The fourth-order valence-electron chi connectivity index (χ4n) is 3.83. The Kier molecular flexibility index (Phi) is 4.51. The molecule has 0 fully saturated rings. The monoisotopic (exact) mass is 391 g/mol. The molecule has 1 N–H and O–H groups in total. The minimum absolute atomic E-state index is 0.284. The maximum Gasteiger partial charge on any atom is 0.248 e. The molecule has 1 amide bonds. The Morgan fingerprint density at radius 2 is 1.96 bits per heavy atom. The van der Waals surface area contributed by atoms with Crippen LogP contribution in [-0.2, 0) is 11.2 Å². The van der Waals surface area contributed by atoms with E-state index in [2.05, 4.69) is 0 Å². The van der Waals surface area contributed by atoms with E-state index in [0.717, 1.165) is 34.2 Å². The molecular formula is C20H16Cl2FNO2. The topological polar surface area (TPSA) is 40.5 Å². The number of carbonyl (C=O) groups is 1.